The Morgan fingerprint density at radius 1 is 1.18 bits per heavy atom. The molecule has 5 rings (SSSR count). The number of carbonyl (C=O) groups is 1. The van der Waals surface area contributed by atoms with E-state index in [1.165, 1.54) is 5.57 Å². The van der Waals surface area contributed by atoms with E-state index in [-0.39, 0.29) is 29.3 Å². The van der Waals surface area contributed by atoms with Gasteiger partial charge < -0.3 is 9.84 Å². The molecule has 1 N–H and O–H groups in total. The van der Waals surface area contributed by atoms with Crippen molar-refractivity contribution in [3.63, 3.8) is 0 Å². The Labute approximate surface area is 197 Å². The van der Waals surface area contributed by atoms with E-state index >= 15 is 0 Å². The van der Waals surface area contributed by atoms with Crippen LogP contribution in [-0.2, 0) is 11.2 Å². The van der Waals surface area contributed by atoms with Gasteiger partial charge in [0.2, 0.25) is 5.88 Å². The maximum absolute atomic E-state index is 13.4. The molecule has 5 nitrogen and oxygen atoms in total. The van der Waals surface area contributed by atoms with Crippen LogP contribution in [-0.4, -0.2) is 20.9 Å². The van der Waals surface area contributed by atoms with Crippen LogP contribution in [0.5, 0.6) is 11.6 Å². The molecule has 1 heterocycles. The highest BCUT2D eigenvalue weighted by atomic mass is 35.5. The molecule has 3 atom stereocenters. The van der Waals surface area contributed by atoms with Crippen molar-refractivity contribution in [1.29, 1.82) is 0 Å². The zero-order valence-corrected chi connectivity index (χ0v) is 19.6. The van der Waals surface area contributed by atoms with E-state index in [0.717, 1.165) is 24.0 Å². The number of ketones is 1. The highest BCUT2D eigenvalue weighted by Gasteiger charge is 2.46. The third-order valence-corrected chi connectivity index (χ3v) is 6.90. The molecule has 2 aromatic carbocycles. The molecular weight excluding hydrogens is 436 g/mol. The molecule has 0 radical (unpaired) electrons. The number of fused-ring (bicyclic) bond motifs is 2. The van der Waals surface area contributed by atoms with Crippen molar-refractivity contribution in [2.75, 3.05) is 0 Å². The predicted octanol–water partition coefficient (Wildman–Crippen LogP) is 6.71. The van der Waals surface area contributed by atoms with Crippen molar-refractivity contribution in [3.05, 3.63) is 76.2 Å². The Bertz CT molecular complexity index is 1340. The number of rotatable bonds is 4. The molecule has 0 spiro atoms. The van der Waals surface area contributed by atoms with E-state index in [0.29, 0.717) is 33.3 Å². The second kappa shape index (κ2) is 8.31. The lowest BCUT2D eigenvalue weighted by atomic mass is 9.75. The Hall–Kier alpha value is -3.18. The fourth-order valence-corrected chi connectivity index (χ4v) is 5.34. The first kappa shape index (κ1) is 21.7. The van der Waals surface area contributed by atoms with Crippen molar-refractivity contribution in [1.82, 2.24) is 9.97 Å². The van der Waals surface area contributed by atoms with Gasteiger partial charge in [-0.05, 0) is 67.1 Å². The first-order valence-corrected chi connectivity index (χ1v) is 11.6. The lowest BCUT2D eigenvalue weighted by Crippen LogP contribution is -2.26. The van der Waals surface area contributed by atoms with Crippen LogP contribution < -0.4 is 4.74 Å². The normalized spacial score (nSPS) is 22.5. The van der Waals surface area contributed by atoms with Crippen LogP contribution >= 0.6 is 11.6 Å². The average molecular weight is 461 g/mol. The van der Waals surface area contributed by atoms with Gasteiger partial charge >= 0.3 is 0 Å². The zero-order valence-electron chi connectivity index (χ0n) is 18.8. The van der Waals surface area contributed by atoms with Gasteiger partial charge in [-0.3, -0.25) is 4.79 Å². The highest BCUT2D eigenvalue weighted by molar-refractivity contribution is 6.31. The van der Waals surface area contributed by atoms with Gasteiger partial charge in [-0.2, -0.15) is 0 Å². The molecule has 1 aromatic heterocycles. The van der Waals surface area contributed by atoms with Crippen LogP contribution in [0.2, 0.25) is 5.02 Å². The number of carbonyl (C=O) groups excluding carboxylic acids is 1. The van der Waals surface area contributed by atoms with Crippen LogP contribution in [0, 0.1) is 17.8 Å². The first-order chi connectivity index (χ1) is 15.9. The lowest BCUT2D eigenvalue weighted by Gasteiger charge is -2.28. The van der Waals surface area contributed by atoms with Crippen molar-refractivity contribution in [3.8, 4) is 11.6 Å². The number of aliphatic hydroxyl groups is 1. The molecule has 33 heavy (non-hydrogen) atoms. The number of Topliss-reactive ketones (excluding diaryl/α,β-unsaturated/α-hetero) is 1. The van der Waals surface area contributed by atoms with E-state index in [2.05, 4.69) is 23.8 Å². The van der Waals surface area contributed by atoms with Gasteiger partial charge in [0.15, 0.2) is 5.78 Å². The number of allylic oxidation sites excluding steroid dienone is 4. The number of aryl methyl sites for hydroxylation is 1. The maximum Gasteiger partial charge on any atom is 0.238 e. The molecule has 3 aromatic rings. The molecule has 0 saturated heterocycles. The summed E-state index contributed by atoms with van der Waals surface area (Å²) in [6.45, 7) is 6.20. The van der Waals surface area contributed by atoms with E-state index in [9.17, 15) is 9.90 Å². The summed E-state index contributed by atoms with van der Waals surface area (Å²) < 4.78 is 6.01. The SMILES string of the molecule is CCc1ccc(Oc2cnc3cc(Cl)ccc3n2)cc1C1=C(O)C2C(C=C(C)C[C@@H]2C)C1=O. The van der Waals surface area contributed by atoms with Gasteiger partial charge in [0.25, 0.3) is 0 Å². The minimum absolute atomic E-state index is 0.0161. The van der Waals surface area contributed by atoms with Gasteiger partial charge in [-0.25, -0.2) is 9.97 Å². The summed E-state index contributed by atoms with van der Waals surface area (Å²) in [4.78, 5) is 22.3. The smallest absolute Gasteiger partial charge is 0.238 e. The van der Waals surface area contributed by atoms with Crippen molar-refractivity contribution in [2.45, 2.75) is 33.6 Å². The molecule has 0 fully saturated rings. The molecule has 168 valence electrons. The summed E-state index contributed by atoms with van der Waals surface area (Å²) in [5.74, 6) is 0.824. The topological polar surface area (TPSA) is 72.3 Å². The van der Waals surface area contributed by atoms with Crippen LogP contribution in [0.15, 0.2) is 60.0 Å². The minimum Gasteiger partial charge on any atom is -0.511 e. The van der Waals surface area contributed by atoms with E-state index in [1.54, 1.807) is 24.4 Å². The second-order valence-electron chi connectivity index (χ2n) is 8.99. The van der Waals surface area contributed by atoms with Gasteiger partial charge in [-0.1, -0.05) is 43.2 Å². The molecule has 0 aliphatic heterocycles. The number of hydrogen-bond donors (Lipinski definition) is 1. The molecular formula is C27H25ClN2O3. The number of halogens is 1. The fraction of sp³-hybridized carbons (Fsp3) is 0.296. The fourth-order valence-electron chi connectivity index (χ4n) is 5.17. The summed E-state index contributed by atoms with van der Waals surface area (Å²) in [5.41, 5.74) is 4.70. The van der Waals surface area contributed by atoms with Crippen molar-refractivity contribution >= 4 is 34.0 Å². The summed E-state index contributed by atoms with van der Waals surface area (Å²) >= 11 is 6.03. The van der Waals surface area contributed by atoms with Gasteiger partial charge in [0.05, 0.1) is 28.7 Å². The van der Waals surface area contributed by atoms with E-state index in [4.69, 9.17) is 16.3 Å². The standard InChI is InChI=1S/C27H25ClN2O3/c1-4-16-5-7-18(33-23-13-29-22-11-17(28)6-8-21(22)30-23)12-19(16)25-26(31)20-10-14(2)9-15(3)24(20)27(25)32/h5-8,10-13,15,20,24,32H,4,9H2,1-3H3/t15-,20?,24?/m0/s1. The largest absolute Gasteiger partial charge is 0.511 e. The quantitative estimate of drug-likeness (QED) is 0.438. The first-order valence-electron chi connectivity index (χ1n) is 11.2. The zero-order chi connectivity index (χ0) is 23.3. The Balaban J connectivity index is 1.53. The number of nitrogens with zero attached hydrogens (tertiary/aromatic N) is 2. The summed E-state index contributed by atoms with van der Waals surface area (Å²) in [5, 5.41) is 11.8. The van der Waals surface area contributed by atoms with Crippen molar-refractivity contribution < 1.29 is 14.6 Å². The molecule has 0 amide bonds. The minimum atomic E-state index is -0.295. The number of benzene rings is 2. The monoisotopic (exact) mass is 460 g/mol. The summed E-state index contributed by atoms with van der Waals surface area (Å²) in [7, 11) is 0. The Morgan fingerprint density at radius 2 is 2.00 bits per heavy atom. The van der Waals surface area contributed by atoms with Gasteiger partial charge in [-0.15, -0.1) is 0 Å². The average Bonchev–Trinajstić information content (AvgIpc) is 3.03. The molecule has 2 aliphatic rings. The van der Waals surface area contributed by atoms with Crippen LogP contribution in [0.3, 0.4) is 0 Å². The van der Waals surface area contributed by atoms with Crippen LogP contribution in [0.1, 0.15) is 38.3 Å². The lowest BCUT2D eigenvalue weighted by molar-refractivity contribution is -0.116. The number of aliphatic hydroxyl groups excluding tert-OH is 1. The molecule has 0 bridgehead atoms. The van der Waals surface area contributed by atoms with Gasteiger partial charge in [0.1, 0.15) is 11.5 Å². The van der Waals surface area contributed by atoms with E-state index < -0.39 is 0 Å². The molecule has 6 heteroatoms. The van der Waals surface area contributed by atoms with Crippen LogP contribution in [0.25, 0.3) is 16.6 Å². The van der Waals surface area contributed by atoms with Crippen molar-refractivity contribution in [2.24, 2.45) is 17.8 Å². The van der Waals surface area contributed by atoms with Crippen LogP contribution in [0.4, 0.5) is 0 Å². The summed E-state index contributed by atoms with van der Waals surface area (Å²) in [6.07, 6.45) is 5.20. The number of aromatic nitrogens is 2. The molecule has 2 aliphatic carbocycles. The second-order valence-corrected chi connectivity index (χ2v) is 9.42. The predicted molar refractivity (Wildman–Crippen MR) is 130 cm³/mol. The Kier molecular flexibility index (Phi) is 5.45. The summed E-state index contributed by atoms with van der Waals surface area (Å²) in [6, 6.07) is 10.9. The maximum atomic E-state index is 13.4. The number of hydrogen-bond acceptors (Lipinski definition) is 5. The third kappa shape index (κ3) is 3.80. The van der Waals surface area contributed by atoms with E-state index in [1.807, 2.05) is 31.2 Å². The molecule has 0 saturated carbocycles. The third-order valence-electron chi connectivity index (χ3n) is 6.67. The molecule has 2 unspecified atom stereocenters. The van der Waals surface area contributed by atoms with Gasteiger partial charge in [0, 0.05) is 10.9 Å². The highest BCUT2D eigenvalue weighted by Crippen LogP contribution is 2.48. The number of ether oxygens (including phenoxy) is 1. The Morgan fingerprint density at radius 3 is 2.79 bits per heavy atom.